The number of benzene rings is 2. The summed E-state index contributed by atoms with van der Waals surface area (Å²) in [7, 11) is 0. The first kappa shape index (κ1) is 15.9. The molecule has 21 heavy (non-hydrogen) atoms. The predicted molar refractivity (Wildman–Crippen MR) is 87.7 cm³/mol. The number of anilines is 2. The number of nitrogens with zero attached hydrogens (tertiary/aromatic N) is 1. The Morgan fingerprint density at radius 2 is 1.95 bits per heavy atom. The number of urea groups is 1. The van der Waals surface area contributed by atoms with Gasteiger partial charge in [-0.25, -0.2) is 13.5 Å². The van der Waals surface area contributed by atoms with Crippen molar-refractivity contribution in [3.63, 3.8) is 0 Å². The summed E-state index contributed by atoms with van der Waals surface area (Å²) in [4.78, 5) is 12.0. The van der Waals surface area contributed by atoms with E-state index in [9.17, 15) is 14.3 Å². The molecule has 0 unspecified atom stereocenters. The monoisotopic (exact) mass is 390 g/mol. The van der Waals surface area contributed by atoms with Gasteiger partial charge in [0, 0.05) is 15.2 Å². The van der Waals surface area contributed by atoms with E-state index in [0.29, 0.717) is 15.2 Å². The van der Waals surface area contributed by atoms with Crippen LogP contribution in [-0.2, 0) is 0 Å². The minimum Gasteiger partial charge on any atom is -0.503 e. The highest BCUT2D eigenvalue weighted by Gasteiger charge is 2.19. The highest BCUT2D eigenvalue weighted by Crippen LogP contribution is 2.34. The second-order valence-electron chi connectivity index (χ2n) is 4.00. The van der Waals surface area contributed by atoms with Gasteiger partial charge >= 0.3 is 6.03 Å². The van der Waals surface area contributed by atoms with E-state index in [-0.39, 0.29) is 5.69 Å². The zero-order valence-corrected chi connectivity index (χ0v) is 13.6. The van der Waals surface area contributed by atoms with E-state index in [4.69, 9.17) is 11.6 Å². The molecule has 0 fully saturated rings. The van der Waals surface area contributed by atoms with Gasteiger partial charge < -0.3 is 10.4 Å². The lowest BCUT2D eigenvalue weighted by Gasteiger charge is -2.18. The van der Waals surface area contributed by atoms with Crippen LogP contribution in [0.3, 0.4) is 0 Å². The zero-order chi connectivity index (χ0) is 15.6. The first-order valence-corrected chi connectivity index (χ1v) is 7.19. The summed E-state index contributed by atoms with van der Waals surface area (Å²) < 4.78 is 14.6. The maximum Gasteiger partial charge on any atom is 0.336 e. The Balaban J connectivity index is 2.21. The Hall–Kier alpha value is -1.44. The van der Waals surface area contributed by atoms with Gasteiger partial charge in [0.25, 0.3) is 0 Å². The average molecular weight is 392 g/mol. The highest BCUT2D eigenvalue weighted by molar-refractivity contribution is 9.10. The topological polar surface area (TPSA) is 52.6 Å². The second-order valence-corrected chi connectivity index (χ2v) is 5.76. The Kier molecular flexibility index (Phi) is 4.97. The lowest BCUT2D eigenvalue weighted by molar-refractivity contribution is 0.260. The number of amides is 2. The van der Waals surface area contributed by atoms with E-state index in [1.807, 2.05) is 0 Å². The van der Waals surface area contributed by atoms with Crippen LogP contribution in [0.2, 0.25) is 5.02 Å². The van der Waals surface area contributed by atoms with Crippen molar-refractivity contribution in [2.75, 3.05) is 9.62 Å². The molecule has 2 aromatic carbocycles. The first-order chi connectivity index (χ1) is 9.88. The third kappa shape index (κ3) is 3.81. The molecule has 0 saturated carbocycles. The molecular formula is C13H9BrClFN2O2S. The molecule has 0 saturated heterocycles. The van der Waals surface area contributed by atoms with Crippen LogP contribution in [0.4, 0.5) is 20.6 Å². The van der Waals surface area contributed by atoms with Crippen molar-refractivity contribution in [1.82, 2.24) is 0 Å². The fraction of sp³-hybridized carbons (Fsp3) is 0. The third-order valence-corrected chi connectivity index (χ3v) is 3.63. The summed E-state index contributed by atoms with van der Waals surface area (Å²) in [5.74, 6) is -1.53. The van der Waals surface area contributed by atoms with Crippen LogP contribution in [0.25, 0.3) is 0 Å². The van der Waals surface area contributed by atoms with Crippen LogP contribution < -0.4 is 9.62 Å². The van der Waals surface area contributed by atoms with Crippen molar-refractivity contribution in [2.24, 2.45) is 0 Å². The van der Waals surface area contributed by atoms with E-state index < -0.39 is 17.6 Å². The molecule has 0 aliphatic rings. The SMILES string of the molecule is O=C(Nc1ccc(Cl)cc1)N(S)c1cc(Br)cc(F)c1O. The zero-order valence-electron chi connectivity index (χ0n) is 10.3. The number of carbonyl (C=O) groups is 1. The summed E-state index contributed by atoms with van der Waals surface area (Å²) in [6.07, 6.45) is 0. The number of phenolic OH excluding ortho intramolecular Hbond substituents is 1. The molecular weight excluding hydrogens is 383 g/mol. The minimum atomic E-state index is -0.863. The number of rotatable bonds is 2. The van der Waals surface area contributed by atoms with E-state index in [0.717, 1.165) is 10.4 Å². The standard InChI is InChI=1S/C13H9BrClFN2O2S/c14-7-5-10(16)12(19)11(6-7)18(21)13(20)17-9-3-1-8(15)2-4-9/h1-6,19,21H,(H,17,20). The number of phenols is 1. The van der Waals surface area contributed by atoms with Crippen molar-refractivity contribution < 1.29 is 14.3 Å². The second kappa shape index (κ2) is 6.55. The van der Waals surface area contributed by atoms with Crippen molar-refractivity contribution in [2.45, 2.75) is 0 Å². The molecule has 0 aromatic heterocycles. The molecule has 8 heteroatoms. The van der Waals surface area contributed by atoms with Gasteiger partial charge in [-0.1, -0.05) is 40.3 Å². The van der Waals surface area contributed by atoms with Crippen LogP contribution >= 0.6 is 40.3 Å². The Morgan fingerprint density at radius 3 is 2.57 bits per heavy atom. The summed E-state index contributed by atoms with van der Waals surface area (Å²) in [6.45, 7) is 0. The van der Waals surface area contributed by atoms with Crippen LogP contribution in [-0.4, -0.2) is 11.1 Å². The number of hydrogen-bond acceptors (Lipinski definition) is 3. The summed E-state index contributed by atoms with van der Waals surface area (Å²) >= 11 is 12.8. The van der Waals surface area contributed by atoms with E-state index in [2.05, 4.69) is 34.1 Å². The molecule has 2 aromatic rings. The molecule has 0 bridgehead atoms. The van der Waals surface area contributed by atoms with Gasteiger partial charge in [0.2, 0.25) is 0 Å². The Bertz CT molecular complexity index is 685. The third-order valence-electron chi connectivity index (χ3n) is 2.52. The molecule has 0 radical (unpaired) electrons. The quantitative estimate of drug-likeness (QED) is 0.642. The van der Waals surface area contributed by atoms with Gasteiger partial charge in [0.1, 0.15) is 5.69 Å². The molecule has 0 aliphatic carbocycles. The molecule has 0 aliphatic heterocycles. The number of carbonyl (C=O) groups excluding carboxylic acids is 1. The van der Waals surface area contributed by atoms with Crippen molar-refractivity contribution in [1.29, 1.82) is 0 Å². The molecule has 0 heterocycles. The number of thiol groups is 1. The Labute approximate surface area is 139 Å². The maximum atomic E-state index is 13.4. The van der Waals surface area contributed by atoms with Gasteiger partial charge in [-0.15, -0.1) is 0 Å². The molecule has 2 rings (SSSR count). The number of aromatic hydroxyl groups is 1. The van der Waals surface area contributed by atoms with Gasteiger partial charge in [0.05, 0.1) is 0 Å². The van der Waals surface area contributed by atoms with E-state index in [1.54, 1.807) is 24.3 Å². The highest BCUT2D eigenvalue weighted by atomic mass is 79.9. The lowest BCUT2D eigenvalue weighted by atomic mass is 10.3. The van der Waals surface area contributed by atoms with Crippen LogP contribution in [0.5, 0.6) is 5.75 Å². The number of nitrogens with one attached hydrogen (secondary N) is 1. The largest absolute Gasteiger partial charge is 0.503 e. The van der Waals surface area contributed by atoms with Crippen LogP contribution in [0.1, 0.15) is 0 Å². The van der Waals surface area contributed by atoms with Gasteiger partial charge in [-0.05, 0) is 36.4 Å². The molecule has 0 atom stereocenters. The van der Waals surface area contributed by atoms with Gasteiger partial charge in [-0.2, -0.15) is 0 Å². The van der Waals surface area contributed by atoms with E-state index in [1.165, 1.54) is 6.07 Å². The van der Waals surface area contributed by atoms with Crippen molar-refractivity contribution in [3.8, 4) is 5.75 Å². The Morgan fingerprint density at radius 1 is 1.33 bits per heavy atom. The molecule has 4 nitrogen and oxygen atoms in total. The summed E-state index contributed by atoms with van der Waals surface area (Å²) in [6, 6.07) is 8.21. The van der Waals surface area contributed by atoms with Gasteiger partial charge in [-0.3, -0.25) is 0 Å². The van der Waals surface area contributed by atoms with Crippen molar-refractivity contribution >= 4 is 57.8 Å². The minimum absolute atomic E-state index is 0.0864. The number of halogens is 3. The molecule has 2 N–H and O–H groups in total. The molecule has 0 spiro atoms. The molecule has 2 amide bonds. The smallest absolute Gasteiger partial charge is 0.336 e. The predicted octanol–water partition coefficient (Wildman–Crippen LogP) is 4.83. The fourth-order valence-electron chi connectivity index (χ4n) is 1.53. The number of hydrogen-bond donors (Lipinski definition) is 3. The average Bonchev–Trinajstić information content (AvgIpc) is 2.44. The molecule has 110 valence electrons. The summed E-state index contributed by atoms with van der Waals surface area (Å²) in [5, 5.41) is 12.7. The van der Waals surface area contributed by atoms with Crippen LogP contribution in [0, 0.1) is 5.82 Å². The fourth-order valence-corrected chi connectivity index (χ4v) is 2.28. The van der Waals surface area contributed by atoms with E-state index >= 15 is 0 Å². The summed E-state index contributed by atoms with van der Waals surface area (Å²) in [5.41, 5.74) is 0.398. The lowest BCUT2D eigenvalue weighted by Crippen LogP contribution is -2.26. The van der Waals surface area contributed by atoms with Gasteiger partial charge in [0.15, 0.2) is 11.6 Å². The van der Waals surface area contributed by atoms with Crippen molar-refractivity contribution in [3.05, 3.63) is 51.7 Å². The normalized spacial score (nSPS) is 10.3. The maximum absolute atomic E-state index is 13.4. The van der Waals surface area contributed by atoms with Crippen LogP contribution in [0.15, 0.2) is 40.9 Å². The first-order valence-electron chi connectivity index (χ1n) is 5.62.